The molecule has 1 aromatic carbocycles. The highest BCUT2D eigenvalue weighted by molar-refractivity contribution is 14.1. The van der Waals surface area contributed by atoms with Gasteiger partial charge in [-0.05, 0) is 54.1 Å². The lowest BCUT2D eigenvalue weighted by molar-refractivity contribution is -0.121. The number of rotatable bonds is 5. The topological polar surface area (TPSA) is 58.2 Å². The monoisotopic (exact) mass is 422 g/mol. The lowest BCUT2D eigenvalue weighted by atomic mass is 10.1. The molecule has 0 aliphatic carbocycles. The maximum absolute atomic E-state index is 12.0. The number of piperidine rings is 1. The molecule has 1 saturated heterocycles. The molecule has 1 fully saturated rings. The summed E-state index contributed by atoms with van der Waals surface area (Å²) in [6.07, 6.45) is 2.64. The molecule has 0 radical (unpaired) electrons. The van der Waals surface area contributed by atoms with E-state index in [2.05, 4.69) is 33.2 Å². The van der Waals surface area contributed by atoms with E-state index in [0.717, 1.165) is 29.5 Å². The second kappa shape index (κ2) is 9.38. The number of ketones is 1. The minimum Gasteiger partial charge on any atom is -0.352 e. The number of amides is 1. The molecule has 2 N–H and O–H groups in total. The first kappa shape index (κ1) is 18.4. The van der Waals surface area contributed by atoms with Gasteiger partial charge >= 0.3 is 0 Å². The molecule has 1 aromatic rings. The van der Waals surface area contributed by atoms with Gasteiger partial charge < -0.3 is 10.6 Å². The van der Waals surface area contributed by atoms with Gasteiger partial charge in [0.1, 0.15) is 0 Å². The maximum Gasteiger partial charge on any atom is 0.220 e. The van der Waals surface area contributed by atoms with Crippen LogP contribution in [0.1, 0.15) is 36.0 Å². The largest absolute Gasteiger partial charge is 0.352 e. The summed E-state index contributed by atoms with van der Waals surface area (Å²) in [7, 11) is 0. The summed E-state index contributed by atoms with van der Waals surface area (Å²) in [6.45, 7) is 1.86. The zero-order valence-corrected chi connectivity index (χ0v) is 14.7. The second-order valence-corrected chi connectivity index (χ2v) is 6.29. The van der Waals surface area contributed by atoms with Crippen LogP contribution in [-0.2, 0) is 4.79 Å². The van der Waals surface area contributed by atoms with Gasteiger partial charge in [0.15, 0.2) is 5.78 Å². The zero-order valence-electron chi connectivity index (χ0n) is 11.7. The number of Topliss-reactive ketones (excluding diaryl/α,β-unsaturated/α-hetero) is 1. The highest BCUT2D eigenvalue weighted by atomic mass is 127. The Bertz CT molecular complexity index is 473. The molecular formula is C15H20ClIN2O2. The minimum absolute atomic E-state index is 0. The normalized spacial score (nSPS) is 17.7. The molecule has 21 heavy (non-hydrogen) atoms. The van der Waals surface area contributed by atoms with Gasteiger partial charge in [0.2, 0.25) is 5.91 Å². The van der Waals surface area contributed by atoms with Gasteiger partial charge in [-0.25, -0.2) is 0 Å². The van der Waals surface area contributed by atoms with Crippen LogP contribution in [-0.4, -0.2) is 30.8 Å². The fourth-order valence-electron chi connectivity index (χ4n) is 2.28. The Morgan fingerprint density at radius 1 is 1.24 bits per heavy atom. The van der Waals surface area contributed by atoms with Crippen molar-refractivity contribution in [3.63, 3.8) is 0 Å². The van der Waals surface area contributed by atoms with E-state index >= 15 is 0 Å². The summed E-state index contributed by atoms with van der Waals surface area (Å²) >= 11 is 2.20. The molecule has 1 heterocycles. The third-order valence-electron chi connectivity index (χ3n) is 3.41. The highest BCUT2D eigenvalue weighted by Crippen LogP contribution is 2.10. The van der Waals surface area contributed by atoms with Crippen LogP contribution in [0.15, 0.2) is 24.3 Å². The third-order valence-corrected chi connectivity index (χ3v) is 4.13. The molecule has 0 spiro atoms. The Morgan fingerprint density at radius 3 is 2.57 bits per heavy atom. The first-order valence-corrected chi connectivity index (χ1v) is 8.02. The van der Waals surface area contributed by atoms with Crippen molar-refractivity contribution in [3.8, 4) is 0 Å². The van der Waals surface area contributed by atoms with Gasteiger partial charge in [-0.15, -0.1) is 12.4 Å². The summed E-state index contributed by atoms with van der Waals surface area (Å²) in [5.74, 6) is -0.00381. The van der Waals surface area contributed by atoms with E-state index in [-0.39, 0.29) is 43.0 Å². The zero-order chi connectivity index (χ0) is 14.4. The van der Waals surface area contributed by atoms with Crippen molar-refractivity contribution in [1.82, 2.24) is 10.6 Å². The molecule has 1 atom stereocenters. The van der Waals surface area contributed by atoms with Crippen LogP contribution in [0.2, 0.25) is 0 Å². The van der Waals surface area contributed by atoms with Crippen LogP contribution in [0, 0.1) is 3.57 Å². The summed E-state index contributed by atoms with van der Waals surface area (Å²) in [5, 5.41) is 6.23. The van der Waals surface area contributed by atoms with Crippen LogP contribution in [0.3, 0.4) is 0 Å². The molecule has 0 aromatic heterocycles. The lowest BCUT2D eigenvalue weighted by Gasteiger charge is -2.23. The van der Waals surface area contributed by atoms with E-state index in [1.165, 1.54) is 0 Å². The lowest BCUT2D eigenvalue weighted by Crippen LogP contribution is -2.45. The Labute approximate surface area is 145 Å². The van der Waals surface area contributed by atoms with Gasteiger partial charge in [-0.2, -0.15) is 0 Å². The van der Waals surface area contributed by atoms with Crippen LogP contribution < -0.4 is 10.6 Å². The smallest absolute Gasteiger partial charge is 0.220 e. The van der Waals surface area contributed by atoms with Crippen molar-refractivity contribution in [1.29, 1.82) is 0 Å². The van der Waals surface area contributed by atoms with Crippen molar-refractivity contribution >= 4 is 46.7 Å². The van der Waals surface area contributed by atoms with Gasteiger partial charge in [0.25, 0.3) is 0 Å². The molecule has 1 amide bonds. The van der Waals surface area contributed by atoms with E-state index in [4.69, 9.17) is 0 Å². The molecule has 0 saturated carbocycles. The van der Waals surface area contributed by atoms with E-state index in [0.29, 0.717) is 5.56 Å². The van der Waals surface area contributed by atoms with Crippen molar-refractivity contribution < 1.29 is 9.59 Å². The first-order valence-electron chi connectivity index (χ1n) is 6.94. The van der Waals surface area contributed by atoms with E-state index in [9.17, 15) is 9.59 Å². The van der Waals surface area contributed by atoms with Crippen LogP contribution in [0.25, 0.3) is 0 Å². The maximum atomic E-state index is 12.0. The molecule has 116 valence electrons. The van der Waals surface area contributed by atoms with Gasteiger partial charge in [0.05, 0.1) is 0 Å². The molecule has 1 aliphatic heterocycles. The fraction of sp³-hybridized carbons (Fsp3) is 0.467. The SMILES string of the molecule is Cl.O=C(CCC(=O)c1ccc(I)cc1)N[C@H]1CCCNC1. The molecule has 1 aliphatic rings. The Balaban J connectivity index is 0.00000220. The molecule has 4 nitrogen and oxygen atoms in total. The molecular weight excluding hydrogens is 403 g/mol. The van der Waals surface area contributed by atoms with Crippen molar-refractivity contribution in [2.45, 2.75) is 31.7 Å². The van der Waals surface area contributed by atoms with Crippen LogP contribution in [0.5, 0.6) is 0 Å². The number of halogens is 2. The number of carbonyl (C=O) groups is 2. The van der Waals surface area contributed by atoms with E-state index in [1.54, 1.807) is 0 Å². The van der Waals surface area contributed by atoms with Crippen molar-refractivity contribution in [3.05, 3.63) is 33.4 Å². The fourth-order valence-corrected chi connectivity index (χ4v) is 2.64. The summed E-state index contributed by atoms with van der Waals surface area (Å²) in [4.78, 5) is 23.8. The van der Waals surface area contributed by atoms with Crippen LogP contribution in [0.4, 0.5) is 0 Å². The second-order valence-electron chi connectivity index (χ2n) is 5.04. The Kier molecular flexibility index (Phi) is 8.21. The molecule has 0 unspecified atom stereocenters. The highest BCUT2D eigenvalue weighted by Gasteiger charge is 2.16. The van der Waals surface area contributed by atoms with Crippen molar-refractivity contribution in [2.75, 3.05) is 13.1 Å². The number of nitrogens with one attached hydrogen (secondary N) is 2. The summed E-state index contributed by atoms with van der Waals surface area (Å²) < 4.78 is 1.10. The van der Waals surface area contributed by atoms with Gasteiger partial charge in [-0.1, -0.05) is 12.1 Å². The predicted molar refractivity (Wildman–Crippen MR) is 94.0 cm³/mol. The number of hydrogen-bond acceptors (Lipinski definition) is 3. The first-order chi connectivity index (χ1) is 9.65. The number of hydrogen-bond donors (Lipinski definition) is 2. The van der Waals surface area contributed by atoms with E-state index < -0.39 is 0 Å². The van der Waals surface area contributed by atoms with Gasteiger partial charge in [-0.3, -0.25) is 9.59 Å². The third kappa shape index (κ3) is 6.32. The standard InChI is InChI=1S/C15H19IN2O2.ClH/c16-12-5-3-11(4-6-12)14(19)7-8-15(20)18-13-2-1-9-17-10-13;/h3-6,13,17H,1-2,7-10H2,(H,18,20);1H/t13-;/m0./s1. The Morgan fingerprint density at radius 2 is 1.95 bits per heavy atom. The average molecular weight is 423 g/mol. The number of carbonyl (C=O) groups excluding carboxylic acids is 2. The number of benzene rings is 1. The molecule has 0 bridgehead atoms. The van der Waals surface area contributed by atoms with Gasteiger partial charge in [0, 0.05) is 34.6 Å². The average Bonchev–Trinajstić information content (AvgIpc) is 2.46. The molecule has 2 rings (SSSR count). The Hall–Kier alpha value is -0.660. The van der Waals surface area contributed by atoms with Crippen molar-refractivity contribution in [2.24, 2.45) is 0 Å². The summed E-state index contributed by atoms with van der Waals surface area (Å²) in [6, 6.07) is 7.65. The minimum atomic E-state index is -0.0300. The summed E-state index contributed by atoms with van der Waals surface area (Å²) in [5.41, 5.74) is 0.678. The predicted octanol–water partition coefficient (Wildman–Crippen LogP) is 2.54. The quantitative estimate of drug-likeness (QED) is 0.566. The van der Waals surface area contributed by atoms with E-state index in [1.807, 2.05) is 24.3 Å². The van der Waals surface area contributed by atoms with Crippen LogP contribution >= 0.6 is 35.0 Å². The molecule has 6 heteroatoms.